The van der Waals surface area contributed by atoms with Crippen LogP contribution in [0.3, 0.4) is 0 Å². The molecule has 0 bridgehead atoms. The second kappa shape index (κ2) is 4.31. The van der Waals surface area contributed by atoms with E-state index in [-0.39, 0.29) is 11.9 Å². The van der Waals surface area contributed by atoms with Crippen molar-refractivity contribution in [2.24, 2.45) is 5.73 Å². The predicted octanol–water partition coefficient (Wildman–Crippen LogP) is 3.59. The van der Waals surface area contributed by atoms with E-state index in [9.17, 15) is 4.39 Å². The Labute approximate surface area is 96.3 Å². The molecule has 0 aliphatic carbocycles. The van der Waals surface area contributed by atoms with Crippen molar-refractivity contribution >= 4 is 22.9 Å². The lowest BCUT2D eigenvalue weighted by atomic mass is 10.1. The van der Waals surface area contributed by atoms with Crippen LogP contribution in [0.15, 0.2) is 35.7 Å². The van der Waals surface area contributed by atoms with Gasteiger partial charge in [-0.1, -0.05) is 23.7 Å². The van der Waals surface area contributed by atoms with E-state index in [1.54, 1.807) is 17.4 Å². The number of nitrogens with two attached hydrogens (primary N) is 1. The van der Waals surface area contributed by atoms with Crippen LogP contribution in [0.5, 0.6) is 0 Å². The van der Waals surface area contributed by atoms with E-state index in [4.69, 9.17) is 17.3 Å². The van der Waals surface area contributed by atoms with Crippen LogP contribution in [0.2, 0.25) is 5.02 Å². The number of hydrogen-bond donors (Lipinski definition) is 1. The molecule has 0 unspecified atom stereocenters. The summed E-state index contributed by atoms with van der Waals surface area (Å²) in [7, 11) is 0. The number of rotatable bonds is 2. The van der Waals surface area contributed by atoms with E-state index in [0.717, 1.165) is 10.4 Å². The smallest absolute Gasteiger partial charge is 0.124 e. The molecule has 1 heterocycles. The topological polar surface area (TPSA) is 26.0 Å². The average Bonchev–Trinajstić information content (AvgIpc) is 2.69. The third-order valence-corrected chi connectivity index (χ3v) is 3.43. The van der Waals surface area contributed by atoms with Gasteiger partial charge in [-0.15, -0.1) is 11.3 Å². The first kappa shape index (κ1) is 10.6. The third-order valence-electron chi connectivity index (χ3n) is 2.15. The highest BCUT2D eigenvalue weighted by molar-refractivity contribution is 7.10. The minimum atomic E-state index is -0.345. The molecule has 1 nitrogen and oxygen atoms in total. The van der Waals surface area contributed by atoms with Crippen molar-refractivity contribution in [3.63, 3.8) is 0 Å². The third kappa shape index (κ3) is 2.20. The molecule has 15 heavy (non-hydrogen) atoms. The first-order chi connectivity index (χ1) is 7.18. The lowest BCUT2D eigenvalue weighted by molar-refractivity contribution is 0.626. The van der Waals surface area contributed by atoms with Crippen molar-refractivity contribution in [2.75, 3.05) is 0 Å². The van der Waals surface area contributed by atoms with Gasteiger partial charge in [-0.25, -0.2) is 4.39 Å². The molecule has 2 aromatic rings. The molecule has 0 radical (unpaired) electrons. The van der Waals surface area contributed by atoms with Gasteiger partial charge in [-0.05, 0) is 29.1 Å². The van der Waals surface area contributed by atoms with Gasteiger partial charge in [0, 0.05) is 9.90 Å². The van der Waals surface area contributed by atoms with E-state index < -0.39 is 0 Å². The molecule has 1 aromatic carbocycles. The second-order valence-electron chi connectivity index (χ2n) is 3.16. The summed E-state index contributed by atoms with van der Waals surface area (Å²) in [6.07, 6.45) is 0. The van der Waals surface area contributed by atoms with Crippen LogP contribution in [-0.4, -0.2) is 0 Å². The molecule has 1 aromatic heterocycles. The molecule has 78 valence electrons. The Morgan fingerprint density at radius 3 is 2.73 bits per heavy atom. The van der Waals surface area contributed by atoms with Crippen molar-refractivity contribution in [2.45, 2.75) is 6.04 Å². The highest BCUT2D eigenvalue weighted by Gasteiger charge is 2.13. The molecule has 0 spiro atoms. The van der Waals surface area contributed by atoms with Crippen molar-refractivity contribution < 1.29 is 4.39 Å². The first-order valence-corrected chi connectivity index (χ1v) is 5.68. The molecular weight excluding hydrogens is 233 g/mol. The van der Waals surface area contributed by atoms with E-state index >= 15 is 0 Å². The Morgan fingerprint density at radius 2 is 2.13 bits per heavy atom. The summed E-state index contributed by atoms with van der Waals surface area (Å²) in [6, 6.07) is 7.87. The zero-order valence-corrected chi connectivity index (χ0v) is 9.36. The van der Waals surface area contributed by atoms with Gasteiger partial charge in [0.1, 0.15) is 5.82 Å². The van der Waals surface area contributed by atoms with E-state index in [0.29, 0.717) is 5.02 Å². The molecule has 0 aliphatic rings. The maximum atomic E-state index is 12.8. The van der Waals surface area contributed by atoms with Gasteiger partial charge < -0.3 is 5.73 Å². The quantitative estimate of drug-likeness (QED) is 0.855. The van der Waals surface area contributed by atoms with Gasteiger partial charge in [0.15, 0.2) is 0 Å². The summed E-state index contributed by atoms with van der Waals surface area (Å²) in [5.41, 5.74) is 6.77. The molecule has 4 heteroatoms. The van der Waals surface area contributed by atoms with Crippen molar-refractivity contribution in [3.05, 3.63) is 57.0 Å². The largest absolute Gasteiger partial charge is 0.320 e. The number of benzene rings is 1. The van der Waals surface area contributed by atoms with Crippen LogP contribution in [0.4, 0.5) is 4.39 Å². The molecule has 1 atom stereocenters. The number of hydrogen-bond acceptors (Lipinski definition) is 2. The Hall–Kier alpha value is -0.900. The van der Waals surface area contributed by atoms with Gasteiger partial charge in [0.25, 0.3) is 0 Å². The average molecular weight is 242 g/mol. The summed E-state index contributed by atoms with van der Waals surface area (Å²) < 4.78 is 12.8. The summed E-state index contributed by atoms with van der Waals surface area (Å²) in [4.78, 5) is 1.02. The molecule has 0 fully saturated rings. The van der Waals surface area contributed by atoms with Gasteiger partial charge in [-0.3, -0.25) is 0 Å². The van der Waals surface area contributed by atoms with Crippen LogP contribution >= 0.6 is 22.9 Å². The maximum absolute atomic E-state index is 12.8. The van der Waals surface area contributed by atoms with Crippen LogP contribution < -0.4 is 5.73 Å². The molecule has 0 amide bonds. The van der Waals surface area contributed by atoms with E-state index in [1.807, 2.05) is 17.5 Å². The standard InChI is InChI=1S/C11H9ClFNS/c12-9-6-7(13)3-4-8(9)11(14)10-2-1-5-15-10/h1-6,11H,14H2/t11-/m0/s1. The van der Waals surface area contributed by atoms with Gasteiger partial charge in [0.2, 0.25) is 0 Å². The highest BCUT2D eigenvalue weighted by atomic mass is 35.5. The lowest BCUT2D eigenvalue weighted by Crippen LogP contribution is -2.10. The second-order valence-corrected chi connectivity index (χ2v) is 4.55. The van der Waals surface area contributed by atoms with Crippen molar-refractivity contribution in [3.8, 4) is 0 Å². The number of halogens is 2. The normalized spacial score (nSPS) is 12.7. The van der Waals surface area contributed by atoms with Crippen LogP contribution in [0.1, 0.15) is 16.5 Å². The minimum Gasteiger partial charge on any atom is -0.320 e. The molecule has 0 saturated carbocycles. The Kier molecular flexibility index (Phi) is 3.05. The summed E-state index contributed by atoms with van der Waals surface area (Å²) in [5, 5.41) is 2.32. The molecular formula is C11H9ClFNS. The molecule has 0 saturated heterocycles. The fourth-order valence-corrected chi connectivity index (χ4v) is 2.40. The summed E-state index contributed by atoms with van der Waals surface area (Å²) in [6.45, 7) is 0. The SMILES string of the molecule is N[C@H](c1cccs1)c1ccc(F)cc1Cl. The summed E-state index contributed by atoms with van der Waals surface area (Å²) in [5.74, 6) is -0.345. The minimum absolute atomic E-state index is 0.280. The lowest BCUT2D eigenvalue weighted by Gasteiger charge is -2.11. The predicted molar refractivity (Wildman–Crippen MR) is 61.8 cm³/mol. The molecule has 0 aliphatic heterocycles. The zero-order chi connectivity index (χ0) is 10.8. The van der Waals surface area contributed by atoms with Gasteiger partial charge >= 0.3 is 0 Å². The van der Waals surface area contributed by atoms with Crippen LogP contribution in [-0.2, 0) is 0 Å². The number of thiophene rings is 1. The van der Waals surface area contributed by atoms with Crippen LogP contribution in [0, 0.1) is 5.82 Å². The molecule has 2 rings (SSSR count). The molecule has 2 N–H and O–H groups in total. The van der Waals surface area contributed by atoms with Crippen LogP contribution in [0.25, 0.3) is 0 Å². The van der Waals surface area contributed by atoms with Gasteiger partial charge in [-0.2, -0.15) is 0 Å². The first-order valence-electron chi connectivity index (χ1n) is 4.42. The fraction of sp³-hybridized carbons (Fsp3) is 0.0909. The Morgan fingerprint density at radius 1 is 1.33 bits per heavy atom. The zero-order valence-electron chi connectivity index (χ0n) is 7.78. The van der Waals surface area contributed by atoms with Crippen molar-refractivity contribution in [1.82, 2.24) is 0 Å². The maximum Gasteiger partial charge on any atom is 0.124 e. The van der Waals surface area contributed by atoms with Crippen molar-refractivity contribution in [1.29, 1.82) is 0 Å². The van der Waals surface area contributed by atoms with E-state index in [2.05, 4.69) is 0 Å². The Balaban J connectivity index is 2.38. The highest BCUT2D eigenvalue weighted by Crippen LogP contribution is 2.29. The summed E-state index contributed by atoms with van der Waals surface area (Å²) >= 11 is 7.49. The fourth-order valence-electron chi connectivity index (χ4n) is 1.38. The van der Waals surface area contributed by atoms with Gasteiger partial charge in [0.05, 0.1) is 6.04 Å². The van der Waals surface area contributed by atoms with E-state index in [1.165, 1.54) is 12.1 Å². The Bertz CT molecular complexity index is 456. The monoisotopic (exact) mass is 241 g/mol.